The summed E-state index contributed by atoms with van der Waals surface area (Å²) in [5.41, 5.74) is 5.59. The van der Waals surface area contributed by atoms with Crippen LogP contribution >= 0.6 is 0 Å². The predicted molar refractivity (Wildman–Crippen MR) is 137 cm³/mol. The Labute approximate surface area is 214 Å². The first-order chi connectivity index (χ1) is 17.6. The smallest absolute Gasteiger partial charge is 0.271 e. The Kier molecular flexibility index (Phi) is 6.52. The number of amides is 1. The molecule has 1 aliphatic carbocycles. The van der Waals surface area contributed by atoms with Crippen LogP contribution in [0.2, 0.25) is 0 Å². The van der Waals surface area contributed by atoms with Crippen molar-refractivity contribution in [3.63, 3.8) is 0 Å². The van der Waals surface area contributed by atoms with Gasteiger partial charge in [-0.25, -0.2) is 5.01 Å². The number of rotatable bonds is 4. The first-order valence-corrected chi connectivity index (χ1v) is 12.5. The first-order valence-electron chi connectivity index (χ1n) is 12.5. The van der Waals surface area contributed by atoms with E-state index in [0.717, 1.165) is 58.0 Å². The number of benzene rings is 2. The highest BCUT2D eigenvalue weighted by atomic mass is 19.4. The number of aromatic nitrogens is 2. The summed E-state index contributed by atoms with van der Waals surface area (Å²) in [6.45, 7) is 5.25. The van der Waals surface area contributed by atoms with Crippen LogP contribution < -0.4 is 0 Å². The molecular formula is C29H29F3N4O. The molecule has 0 unspecified atom stereocenters. The van der Waals surface area contributed by atoms with E-state index >= 15 is 0 Å². The Balaban J connectivity index is 1.51. The Morgan fingerprint density at radius 2 is 1.68 bits per heavy atom. The zero-order valence-electron chi connectivity index (χ0n) is 21.1. The predicted octanol–water partition coefficient (Wildman–Crippen LogP) is 6.65. The molecule has 0 N–H and O–H groups in total. The highest BCUT2D eigenvalue weighted by Crippen LogP contribution is 2.44. The van der Waals surface area contributed by atoms with Crippen molar-refractivity contribution in [3.8, 4) is 0 Å². The quantitative estimate of drug-likeness (QED) is 0.398. The lowest BCUT2D eigenvalue weighted by Crippen LogP contribution is -2.34. The van der Waals surface area contributed by atoms with E-state index < -0.39 is 11.9 Å². The highest BCUT2D eigenvalue weighted by Gasteiger charge is 2.44. The summed E-state index contributed by atoms with van der Waals surface area (Å²) in [7, 11) is 0. The van der Waals surface area contributed by atoms with Gasteiger partial charge in [-0.1, -0.05) is 59.7 Å². The zero-order chi connectivity index (χ0) is 26.3. The topological polar surface area (TPSA) is 50.5 Å². The summed E-state index contributed by atoms with van der Waals surface area (Å²) < 4.78 is 40.7. The summed E-state index contributed by atoms with van der Waals surface area (Å²) >= 11 is 0. The van der Waals surface area contributed by atoms with Crippen LogP contribution in [0, 0.1) is 26.7 Å². The second-order valence-corrected chi connectivity index (χ2v) is 9.98. The number of nitrogens with zero attached hydrogens (tertiary/aromatic N) is 4. The van der Waals surface area contributed by atoms with Gasteiger partial charge in [0.05, 0.1) is 11.8 Å². The number of fused-ring (bicyclic) bond motifs is 1. The van der Waals surface area contributed by atoms with Crippen molar-refractivity contribution in [1.29, 1.82) is 0 Å². The molecule has 0 saturated heterocycles. The Bertz CT molecular complexity index is 1370. The van der Waals surface area contributed by atoms with E-state index in [2.05, 4.69) is 35.4 Å². The fraction of sp³-hybridized carbons (Fsp3) is 0.345. The van der Waals surface area contributed by atoms with Crippen molar-refractivity contribution in [1.82, 2.24) is 14.8 Å². The largest absolute Gasteiger partial charge is 0.435 e. The summed E-state index contributed by atoms with van der Waals surface area (Å²) in [5.74, 6) is -0.372. The number of hydrogen-bond donors (Lipinski definition) is 0. The molecule has 37 heavy (non-hydrogen) atoms. The first kappa shape index (κ1) is 25.0. The standard InChI is InChI=1S/C29H29F3N4O/c1-18-7-11-21(12-8-18)16-23-5-4-6-24-27(23)34-36(28(24)22-13-9-19(2)10-14-22)26(37)17-35-20(3)15-25(33-35)29(30,31)32/h7-16,24,28H,4-6,17H2,1-3H3/b23-16-/t24-,28+/m1/s1. The third-order valence-corrected chi connectivity index (χ3v) is 7.15. The molecule has 1 saturated carbocycles. The van der Waals surface area contributed by atoms with E-state index in [1.807, 2.05) is 38.1 Å². The molecule has 1 aliphatic heterocycles. The second-order valence-electron chi connectivity index (χ2n) is 9.98. The minimum atomic E-state index is -4.57. The lowest BCUT2D eigenvalue weighted by atomic mass is 9.77. The van der Waals surface area contributed by atoms with Gasteiger partial charge in [-0.2, -0.15) is 23.4 Å². The van der Waals surface area contributed by atoms with Gasteiger partial charge in [-0.05, 0) is 68.9 Å². The van der Waals surface area contributed by atoms with Gasteiger partial charge in [-0.3, -0.25) is 9.48 Å². The molecule has 2 aromatic carbocycles. The Morgan fingerprint density at radius 3 is 2.30 bits per heavy atom. The number of allylic oxidation sites excluding steroid dienone is 1. The van der Waals surface area contributed by atoms with Crippen molar-refractivity contribution >= 4 is 17.7 Å². The molecule has 2 heterocycles. The molecule has 0 spiro atoms. The second kappa shape index (κ2) is 9.65. The minimum absolute atomic E-state index is 0.0153. The molecule has 2 atom stereocenters. The van der Waals surface area contributed by atoms with Crippen molar-refractivity contribution in [2.75, 3.05) is 0 Å². The maximum absolute atomic E-state index is 13.6. The molecule has 0 bridgehead atoms. The molecule has 5 nitrogen and oxygen atoms in total. The van der Waals surface area contributed by atoms with Crippen LogP contribution in [0.25, 0.3) is 6.08 Å². The average Bonchev–Trinajstić information content (AvgIpc) is 3.43. The van der Waals surface area contributed by atoms with Crippen LogP contribution in [-0.4, -0.2) is 26.4 Å². The van der Waals surface area contributed by atoms with Crippen LogP contribution in [0.4, 0.5) is 13.2 Å². The van der Waals surface area contributed by atoms with Crippen molar-refractivity contribution < 1.29 is 18.0 Å². The molecule has 192 valence electrons. The number of halogens is 3. The van der Waals surface area contributed by atoms with Crippen LogP contribution in [0.3, 0.4) is 0 Å². The average molecular weight is 507 g/mol. The number of alkyl halides is 3. The fourth-order valence-electron chi connectivity index (χ4n) is 5.18. The number of carbonyl (C=O) groups is 1. The molecule has 2 aliphatic rings. The van der Waals surface area contributed by atoms with E-state index in [1.54, 1.807) is 0 Å². The Morgan fingerprint density at radius 1 is 1.03 bits per heavy atom. The molecule has 5 rings (SSSR count). The Hall–Kier alpha value is -3.68. The number of hydrazone groups is 1. The maximum atomic E-state index is 13.6. The van der Waals surface area contributed by atoms with Gasteiger partial charge in [0.2, 0.25) is 0 Å². The third-order valence-electron chi connectivity index (χ3n) is 7.15. The molecule has 3 aromatic rings. The van der Waals surface area contributed by atoms with Crippen molar-refractivity contribution in [2.24, 2.45) is 11.0 Å². The molecule has 1 aromatic heterocycles. The summed E-state index contributed by atoms with van der Waals surface area (Å²) in [6, 6.07) is 17.0. The van der Waals surface area contributed by atoms with Crippen molar-refractivity contribution in [3.05, 3.63) is 93.8 Å². The van der Waals surface area contributed by atoms with E-state index in [1.165, 1.54) is 17.5 Å². The van der Waals surface area contributed by atoms with Crippen LogP contribution in [0.15, 0.2) is 65.3 Å². The van der Waals surface area contributed by atoms with Crippen molar-refractivity contribution in [2.45, 2.75) is 58.8 Å². The number of aryl methyl sites for hydroxylation is 3. The van der Waals surface area contributed by atoms with Gasteiger partial charge >= 0.3 is 6.18 Å². The molecule has 1 amide bonds. The van der Waals surface area contributed by atoms with Gasteiger partial charge in [0, 0.05) is 11.6 Å². The lowest BCUT2D eigenvalue weighted by molar-refractivity contribution is -0.142. The lowest BCUT2D eigenvalue weighted by Gasteiger charge is -2.29. The molecule has 8 heteroatoms. The van der Waals surface area contributed by atoms with E-state index in [0.29, 0.717) is 0 Å². The van der Waals surface area contributed by atoms with Gasteiger partial charge in [-0.15, -0.1) is 0 Å². The van der Waals surface area contributed by atoms with Gasteiger partial charge in [0.1, 0.15) is 6.54 Å². The SMILES string of the molecule is Cc1ccc(/C=C2/CCC[C@@H]3C2=NN(C(=O)Cn2nc(C(F)(F)F)cc2C)[C@H]3c2ccc(C)cc2)cc1. The fourth-order valence-corrected chi connectivity index (χ4v) is 5.18. The monoisotopic (exact) mass is 506 g/mol. The van der Waals surface area contributed by atoms with Gasteiger partial charge < -0.3 is 0 Å². The number of hydrogen-bond acceptors (Lipinski definition) is 3. The van der Waals surface area contributed by atoms with Gasteiger partial charge in [0.25, 0.3) is 5.91 Å². The molecular weight excluding hydrogens is 477 g/mol. The summed E-state index contributed by atoms with van der Waals surface area (Å²) in [6.07, 6.45) is 0.281. The maximum Gasteiger partial charge on any atom is 0.435 e. The van der Waals surface area contributed by atoms with E-state index in [4.69, 9.17) is 5.10 Å². The summed E-state index contributed by atoms with van der Waals surface area (Å²) in [4.78, 5) is 13.6. The van der Waals surface area contributed by atoms with Crippen LogP contribution in [-0.2, 0) is 17.5 Å². The van der Waals surface area contributed by atoms with Gasteiger partial charge in [0.15, 0.2) is 5.69 Å². The number of carbonyl (C=O) groups excluding carboxylic acids is 1. The summed E-state index contributed by atoms with van der Waals surface area (Å²) in [5, 5.41) is 9.97. The third kappa shape index (κ3) is 5.10. The zero-order valence-corrected chi connectivity index (χ0v) is 21.1. The molecule has 1 fully saturated rings. The van der Waals surface area contributed by atoms with Crippen LogP contribution in [0.1, 0.15) is 58.9 Å². The molecule has 0 radical (unpaired) electrons. The van der Waals surface area contributed by atoms with E-state index in [9.17, 15) is 18.0 Å². The highest BCUT2D eigenvalue weighted by molar-refractivity contribution is 6.08. The minimum Gasteiger partial charge on any atom is -0.271 e. The van der Waals surface area contributed by atoms with Crippen LogP contribution in [0.5, 0.6) is 0 Å². The normalized spacial score (nSPS) is 20.8. The van der Waals surface area contributed by atoms with E-state index in [-0.39, 0.29) is 30.1 Å².